The maximum Gasteiger partial charge on any atom is 0.317 e. The fourth-order valence-corrected chi connectivity index (χ4v) is 14.6. The summed E-state index contributed by atoms with van der Waals surface area (Å²) in [4.78, 5) is 27.5. The molecule has 3 heterocycles. The van der Waals surface area contributed by atoms with Gasteiger partial charge in [-0.3, -0.25) is 18.6 Å². The number of benzene rings is 3. The number of hydrogen-bond donors (Lipinski definition) is 1. The molecule has 0 bridgehead atoms. The van der Waals surface area contributed by atoms with Crippen LogP contribution in [-0.2, 0) is 28.6 Å². The Morgan fingerprint density at radius 3 is 1.85 bits per heavy atom. The summed E-state index contributed by atoms with van der Waals surface area (Å²) in [5.41, 5.74) is 1.78. The summed E-state index contributed by atoms with van der Waals surface area (Å²) in [7, 11) is -2.95. The highest BCUT2D eigenvalue weighted by atomic mass is 31.1. The van der Waals surface area contributed by atoms with E-state index in [1.54, 1.807) is 35.8 Å². The Kier molecular flexibility index (Phi) is 12.5. The molecule has 1 unspecified atom stereocenters. The number of hydrogen-bond acceptors (Lipinski definition) is 9. The average molecular weight is 790 g/mol. The molecule has 294 valence electrons. The molecule has 6 rings (SSSR count). The van der Waals surface area contributed by atoms with E-state index in [1.165, 1.54) is 12.3 Å². The van der Waals surface area contributed by atoms with Crippen LogP contribution in [0.5, 0.6) is 11.5 Å². The van der Waals surface area contributed by atoms with Crippen LogP contribution >= 0.6 is 8.25 Å². The standard InChI is InChI=1S/C41H52N3O9PSi/c1-27(2)55(28(3)4,29(5)6)53-37-36(51-40(38(37)52-54(46)47)44-24-22-35(45)39-42-23-25-43(39)44)26-50-41(30-12-10-9-11-13-30,31-14-18-33(48-7)19-15-31)32-16-20-34(49-8)21-17-32/h9-25,27-29,36-38,40,54H,26H2,1-8H3,(H,46,47)/t36-,37-,38-,40-/m1/s1. The first-order valence-corrected chi connectivity index (χ1v) is 22.0. The van der Waals surface area contributed by atoms with Gasteiger partial charge in [-0.15, -0.1) is 0 Å². The highest BCUT2D eigenvalue weighted by molar-refractivity contribution is 7.32. The van der Waals surface area contributed by atoms with Gasteiger partial charge >= 0.3 is 8.25 Å². The zero-order valence-corrected chi connectivity index (χ0v) is 34.6. The Bertz CT molecular complexity index is 2040. The minimum absolute atomic E-state index is 0.0215. The lowest BCUT2D eigenvalue weighted by atomic mass is 9.80. The third-order valence-corrected chi connectivity index (χ3v) is 17.5. The zero-order valence-electron chi connectivity index (χ0n) is 32.6. The monoisotopic (exact) mass is 789 g/mol. The molecule has 5 aromatic rings. The first-order valence-electron chi connectivity index (χ1n) is 18.6. The third-order valence-electron chi connectivity index (χ3n) is 10.9. The van der Waals surface area contributed by atoms with Gasteiger partial charge < -0.3 is 28.3 Å². The van der Waals surface area contributed by atoms with Crippen LogP contribution in [0.25, 0.3) is 5.65 Å². The number of methoxy groups -OCH3 is 2. The van der Waals surface area contributed by atoms with Gasteiger partial charge in [0, 0.05) is 24.7 Å². The van der Waals surface area contributed by atoms with E-state index in [4.69, 9.17) is 27.9 Å². The van der Waals surface area contributed by atoms with E-state index in [0.29, 0.717) is 11.5 Å². The lowest BCUT2D eigenvalue weighted by molar-refractivity contribution is -0.0971. The Labute approximate surface area is 324 Å². The largest absolute Gasteiger partial charge is 0.497 e. The van der Waals surface area contributed by atoms with Crippen molar-refractivity contribution >= 4 is 22.2 Å². The zero-order chi connectivity index (χ0) is 39.5. The molecule has 1 aliphatic heterocycles. The molecular weight excluding hydrogens is 738 g/mol. The van der Waals surface area contributed by atoms with Gasteiger partial charge in [0.2, 0.25) is 13.7 Å². The fourth-order valence-electron chi connectivity index (χ4n) is 8.52. The summed E-state index contributed by atoms with van der Waals surface area (Å²) in [6.45, 7) is 13.1. The van der Waals surface area contributed by atoms with Gasteiger partial charge in [-0.05, 0) is 57.6 Å². The minimum Gasteiger partial charge on any atom is -0.497 e. The minimum atomic E-state index is -3.52. The van der Waals surface area contributed by atoms with E-state index in [9.17, 15) is 14.3 Å². The van der Waals surface area contributed by atoms with Crippen LogP contribution in [-0.4, -0.2) is 66.5 Å². The van der Waals surface area contributed by atoms with Crippen LogP contribution in [0.3, 0.4) is 0 Å². The number of aromatic nitrogens is 3. The van der Waals surface area contributed by atoms with E-state index in [2.05, 4.69) is 46.5 Å². The maximum atomic E-state index is 12.8. The smallest absolute Gasteiger partial charge is 0.317 e. The van der Waals surface area contributed by atoms with Crippen molar-refractivity contribution in [2.45, 2.75) is 88.3 Å². The molecule has 0 aliphatic carbocycles. The number of ether oxygens (including phenoxy) is 4. The molecule has 0 radical (unpaired) electrons. The van der Waals surface area contributed by atoms with Crippen molar-refractivity contribution in [1.82, 2.24) is 14.2 Å². The summed E-state index contributed by atoms with van der Waals surface area (Å²) in [6, 6.07) is 26.9. The summed E-state index contributed by atoms with van der Waals surface area (Å²) in [5, 5.41) is 0. The van der Waals surface area contributed by atoms with Gasteiger partial charge in [0.05, 0.1) is 20.8 Å². The van der Waals surface area contributed by atoms with E-state index < -0.39 is 46.7 Å². The van der Waals surface area contributed by atoms with E-state index in [1.807, 2.05) is 78.9 Å². The van der Waals surface area contributed by atoms with Crippen molar-refractivity contribution in [3.8, 4) is 11.5 Å². The van der Waals surface area contributed by atoms with Crippen molar-refractivity contribution in [1.29, 1.82) is 0 Å². The van der Waals surface area contributed by atoms with Crippen molar-refractivity contribution in [2.24, 2.45) is 0 Å². The topological polar surface area (TPSA) is 132 Å². The summed E-state index contributed by atoms with van der Waals surface area (Å²) in [6.07, 6.45) is 1.03. The highest BCUT2D eigenvalue weighted by Crippen LogP contribution is 2.49. The number of rotatable bonds is 16. The van der Waals surface area contributed by atoms with Crippen LogP contribution in [0.15, 0.2) is 108 Å². The first kappa shape index (κ1) is 40.6. The molecule has 1 fully saturated rings. The van der Waals surface area contributed by atoms with Crippen LogP contribution in [0.1, 0.15) is 64.5 Å². The Hall–Kier alpha value is -4.07. The summed E-state index contributed by atoms with van der Waals surface area (Å²) >= 11 is 0. The van der Waals surface area contributed by atoms with Crippen molar-refractivity contribution in [2.75, 3.05) is 20.8 Å². The van der Waals surface area contributed by atoms with E-state index >= 15 is 0 Å². The van der Waals surface area contributed by atoms with Crippen LogP contribution in [0.4, 0.5) is 0 Å². The van der Waals surface area contributed by atoms with Gasteiger partial charge in [0.15, 0.2) is 11.9 Å². The molecule has 3 aromatic carbocycles. The second kappa shape index (κ2) is 17.0. The van der Waals surface area contributed by atoms with Crippen LogP contribution < -0.4 is 14.9 Å². The predicted octanol–water partition coefficient (Wildman–Crippen LogP) is 7.75. The Balaban J connectivity index is 1.54. The molecule has 14 heteroatoms. The van der Waals surface area contributed by atoms with E-state index in [-0.39, 0.29) is 34.3 Å². The summed E-state index contributed by atoms with van der Waals surface area (Å²) < 4.78 is 54.7. The lowest BCUT2D eigenvalue weighted by Crippen LogP contribution is -2.54. The number of fused-ring (bicyclic) bond motifs is 1. The molecule has 1 aliphatic rings. The molecule has 55 heavy (non-hydrogen) atoms. The molecule has 1 saturated heterocycles. The highest BCUT2D eigenvalue weighted by Gasteiger charge is 2.56. The SMILES string of the molecule is COc1ccc(C(OC[C@H]2O[C@@H](n3ccc(=O)c4nccn43)[C@H](O[PH](=O)O)[C@@H]2O[Si](C(C)C)(C(C)C)C(C)C)(c2ccccc2)c2ccc(OC)cc2)cc1. The quantitative estimate of drug-likeness (QED) is 0.0602. The fraction of sp³-hybridized carbons (Fsp3) is 0.415. The van der Waals surface area contributed by atoms with Crippen molar-refractivity contribution in [3.63, 3.8) is 0 Å². The van der Waals surface area contributed by atoms with Crippen LogP contribution in [0.2, 0.25) is 16.6 Å². The van der Waals surface area contributed by atoms with Gasteiger partial charge in [-0.1, -0.05) is 96.1 Å². The van der Waals surface area contributed by atoms with Gasteiger partial charge in [0.25, 0.3) is 0 Å². The van der Waals surface area contributed by atoms with Crippen molar-refractivity contribution in [3.05, 3.63) is 130 Å². The predicted molar refractivity (Wildman–Crippen MR) is 214 cm³/mol. The van der Waals surface area contributed by atoms with E-state index in [0.717, 1.165) is 16.7 Å². The molecule has 0 amide bonds. The average Bonchev–Trinajstić information content (AvgIpc) is 3.80. The molecule has 0 spiro atoms. The number of imidazole rings is 1. The molecule has 12 nitrogen and oxygen atoms in total. The van der Waals surface area contributed by atoms with Crippen molar-refractivity contribution < 1.29 is 37.4 Å². The second-order valence-electron chi connectivity index (χ2n) is 14.8. The molecule has 5 atom stereocenters. The number of nitrogens with zero attached hydrogens (tertiary/aromatic N) is 3. The third kappa shape index (κ3) is 7.71. The van der Waals surface area contributed by atoms with Crippen LogP contribution in [0, 0.1) is 0 Å². The maximum absolute atomic E-state index is 12.8. The molecule has 1 N–H and O–H groups in total. The van der Waals surface area contributed by atoms with Gasteiger partial charge in [0.1, 0.15) is 35.4 Å². The Morgan fingerprint density at radius 1 is 0.800 bits per heavy atom. The normalized spacial score (nSPS) is 19.8. The molecule has 0 saturated carbocycles. The molecular formula is C41H52N3O9PSi. The molecule has 2 aromatic heterocycles. The van der Waals surface area contributed by atoms with Gasteiger partial charge in [-0.2, -0.15) is 0 Å². The lowest BCUT2D eigenvalue weighted by Gasteiger charge is -2.45. The second-order valence-corrected chi connectivity index (χ2v) is 21.0. The summed E-state index contributed by atoms with van der Waals surface area (Å²) in [5.74, 6) is 1.39. The first-order chi connectivity index (χ1) is 26.4. The Morgan fingerprint density at radius 2 is 1.35 bits per heavy atom. The van der Waals surface area contributed by atoms with Gasteiger partial charge in [-0.25, -0.2) is 9.50 Å².